The minimum Gasteiger partial charge on any atom is -0.491 e. The van der Waals surface area contributed by atoms with Crippen LogP contribution in [-0.2, 0) is 11.3 Å². The van der Waals surface area contributed by atoms with E-state index in [0.717, 1.165) is 35.3 Å². The molecule has 0 bridgehead atoms. The van der Waals surface area contributed by atoms with E-state index >= 15 is 0 Å². The highest BCUT2D eigenvalue weighted by molar-refractivity contribution is 5.99. The standard InChI is InChI=1S/C18H25N3O2/c1-18(2,3)16-12-21-14(11-19-16)13-7-5-8-15(17(13)20-21)23-10-6-9-22-4/h5,7-8,11,16H,6,9-10,12H2,1-4H3. The third-order valence-corrected chi connectivity index (χ3v) is 4.25. The number of fused-ring (bicyclic) bond motifs is 3. The van der Waals surface area contributed by atoms with Crippen LogP contribution in [0.4, 0.5) is 0 Å². The molecule has 3 rings (SSSR count). The van der Waals surface area contributed by atoms with E-state index in [4.69, 9.17) is 19.6 Å². The maximum atomic E-state index is 5.89. The Hall–Kier alpha value is -1.88. The number of methoxy groups -OCH3 is 1. The lowest BCUT2D eigenvalue weighted by molar-refractivity contribution is 0.172. The fraction of sp³-hybridized carbons (Fsp3) is 0.556. The van der Waals surface area contributed by atoms with E-state index in [1.165, 1.54) is 0 Å². The Bertz CT molecular complexity index is 713. The quantitative estimate of drug-likeness (QED) is 0.795. The van der Waals surface area contributed by atoms with Crippen LogP contribution < -0.4 is 4.74 Å². The van der Waals surface area contributed by atoms with Crippen LogP contribution in [0.25, 0.3) is 10.9 Å². The molecule has 5 heteroatoms. The summed E-state index contributed by atoms with van der Waals surface area (Å²) in [5.41, 5.74) is 2.12. The number of aromatic nitrogens is 2. The molecule has 0 N–H and O–H groups in total. The molecule has 0 radical (unpaired) electrons. The van der Waals surface area contributed by atoms with Gasteiger partial charge in [-0.3, -0.25) is 9.67 Å². The molecule has 1 aliphatic rings. The minimum absolute atomic E-state index is 0.131. The van der Waals surface area contributed by atoms with E-state index in [1.807, 2.05) is 18.3 Å². The van der Waals surface area contributed by atoms with Crippen molar-refractivity contribution < 1.29 is 9.47 Å². The summed E-state index contributed by atoms with van der Waals surface area (Å²) in [5, 5.41) is 5.89. The second kappa shape index (κ2) is 6.32. The highest BCUT2D eigenvalue weighted by Gasteiger charge is 2.28. The number of hydrogen-bond acceptors (Lipinski definition) is 4. The van der Waals surface area contributed by atoms with Gasteiger partial charge in [-0.15, -0.1) is 0 Å². The average Bonchev–Trinajstić information content (AvgIpc) is 2.89. The molecule has 1 atom stereocenters. The lowest BCUT2D eigenvalue weighted by Crippen LogP contribution is -2.33. The molecule has 124 valence electrons. The maximum Gasteiger partial charge on any atom is 0.147 e. The second-order valence-electron chi connectivity index (χ2n) is 7.07. The number of hydrogen-bond donors (Lipinski definition) is 0. The second-order valence-corrected chi connectivity index (χ2v) is 7.07. The van der Waals surface area contributed by atoms with Crippen LogP contribution in [0.5, 0.6) is 5.75 Å². The summed E-state index contributed by atoms with van der Waals surface area (Å²) in [6, 6.07) is 6.32. The van der Waals surface area contributed by atoms with Gasteiger partial charge in [0.25, 0.3) is 0 Å². The highest BCUT2D eigenvalue weighted by atomic mass is 16.5. The molecular formula is C18H25N3O2. The summed E-state index contributed by atoms with van der Waals surface area (Å²) in [7, 11) is 1.70. The topological polar surface area (TPSA) is 48.6 Å². The lowest BCUT2D eigenvalue weighted by atomic mass is 9.86. The van der Waals surface area contributed by atoms with Crippen LogP contribution in [0.15, 0.2) is 23.2 Å². The first-order chi connectivity index (χ1) is 11.0. The molecule has 0 saturated carbocycles. The SMILES string of the molecule is COCCCOc1cccc2c3n(nc12)CC(C(C)(C)C)N=C3. The van der Waals surface area contributed by atoms with Gasteiger partial charge in [0.2, 0.25) is 0 Å². The molecule has 23 heavy (non-hydrogen) atoms. The first-order valence-electron chi connectivity index (χ1n) is 8.15. The van der Waals surface area contributed by atoms with Gasteiger partial charge in [-0.05, 0) is 11.5 Å². The Morgan fingerprint density at radius 2 is 2.09 bits per heavy atom. The van der Waals surface area contributed by atoms with Gasteiger partial charge in [0.05, 0.1) is 24.9 Å². The molecule has 0 saturated heterocycles. The van der Waals surface area contributed by atoms with Gasteiger partial charge in [-0.2, -0.15) is 5.10 Å². The van der Waals surface area contributed by atoms with Gasteiger partial charge in [-0.25, -0.2) is 0 Å². The molecular weight excluding hydrogens is 290 g/mol. The molecule has 1 aromatic heterocycles. The molecule has 2 heterocycles. The Morgan fingerprint density at radius 1 is 1.26 bits per heavy atom. The Morgan fingerprint density at radius 3 is 2.83 bits per heavy atom. The molecule has 1 unspecified atom stereocenters. The fourth-order valence-electron chi connectivity index (χ4n) is 2.79. The van der Waals surface area contributed by atoms with Crippen molar-refractivity contribution in [2.45, 2.75) is 39.8 Å². The van der Waals surface area contributed by atoms with Gasteiger partial charge in [-0.1, -0.05) is 32.9 Å². The van der Waals surface area contributed by atoms with Gasteiger partial charge in [0.1, 0.15) is 11.3 Å². The van der Waals surface area contributed by atoms with E-state index in [-0.39, 0.29) is 11.5 Å². The van der Waals surface area contributed by atoms with Gasteiger partial charge >= 0.3 is 0 Å². The molecule has 1 aromatic carbocycles. The van der Waals surface area contributed by atoms with Crippen LogP contribution in [0, 0.1) is 5.41 Å². The monoisotopic (exact) mass is 315 g/mol. The Kier molecular flexibility index (Phi) is 4.39. The zero-order chi connectivity index (χ0) is 16.4. The molecule has 0 aliphatic carbocycles. The number of ether oxygens (including phenoxy) is 2. The largest absolute Gasteiger partial charge is 0.491 e. The zero-order valence-corrected chi connectivity index (χ0v) is 14.4. The number of nitrogens with zero attached hydrogens (tertiary/aromatic N) is 3. The van der Waals surface area contributed by atoms with Crippen molar-refractivity contribution in [3.8, 4) is 5.75 Å². The summed E-state index contributed by atoms with van der Waals surface area (Å²) in [4.78, 5) is 4.74. The summed E-state index contributed by atoms with van der Waals surface area (Å²) in [5.74, 6) is 0.834. The number of rotatable bonds is 5. The van der Waals surface area contributed by atoms with E-state index < -0.39 is 0 Å². The number of benzene rings is 1. The van der Waals surface area contributed by atoms with Crippen molar-refractivity contribution in [1.29, 1.82) is 0 Å². The van der Waals surface area contributed by atoms with Crippen molar-refractivity contribution in [2.75, 3.05) is 20.3 Å². The first-order valence-corrected chi connectivity index (χ1v) is 8.15. The average molecular weight is 315 g/mol. The van der Waals surface area contributed by atoms with Crippen LogP contribution in [0.3, 0.4) is 0 Å². The van der Waals surface area contributed by atoms with E-state index in [1.54, 1.807) is 7.11 Å². The lowest BCUT2D eigenvalue weighted by Gasteiger charge is -2.29. The summed E-state index contributed by atoms with van der Waals surface area (Å²) in [6.07, 6.45) is 2.83. The van der Waals surface area contributed by atoms with Crippen molar-refractivity contribution in [1.82, 2.24) is 9.78 Å². The van der Waals surface area contributed by atoms with Crippen LogP contribution in [0.2, 0.25) is 0 Å². The zero-order valence-electron chi connectivity index (χ0n) is 14.4. The minimum atomic E-state index is 0.131. The smallest absolute Gasteiger partial charge is 0.147 e. The van der Waals surface area contributed by atoms with E-state index in [0.29, 0.717) is 13.2 Å². The molecule has 5 nitrogen and oxygen atoms in total. The maximum absolute atomic E-state index is 5.89. The summed E-state index contributed by atoms with van der Waals surface area (Å²) >= 11 is 0. The molecule has 1 aliphatic heterocycles. The van der Waals surface area contributed by atoms with Crippen LogP contribution >= 0.6 is 0 Å². The Balaban J connectivity index is 1.88. The molecule has 0 fully saturated rings. The molecule has 2 aromatic rings. The molecule has 0 amide bonds. The van der Waals surface area contributed by atoms with Crippen molar-refractivity contribution >= 4 is 17.1 Å². The predicted molar refractivity (Wildman–Crippen MR) is 92.6 cm³/mol. The van der Waals surface area contributed by atoms with Crippen molar-refractivity contribution in [3.05, 3.63) is 23.9 Å². The van der Waals surface area contributed by atoms with E-state index in [9.17, 15) is 0 Å². The third kappa shape index (κ3) is 3.24. The van der Waals surface area contributed by atoms with Gasteiger partial charge < -0.3 is 9.47 Å². The van der Waals surface area contributed by atoms with Crippen molar-refractivity contribution in [3.63, 3.8) is 0 Å². The predicted octanol–water partition coefficient (Wildman–Crippen LogP) is 3.30. The van der Waals surface area contributed by atoms with Gasteiger partial charge in [0.15, 0.2) is 0 Å². The van der Waals surface area contributed by atoms with E-state index in [2.05, 4.69) is 31.5 Å². The van der Waals surface area contributed by atoms with Gasteiger partial charge in [0, 0.05) is 31.7 Å². The molecule has 0 spiro atoms. The number of aliphatic imine (C=N–C) groups is 1. The summed E-state index contributed by atoms with van der Waals surface area (Å²) in [6.45, 7) is 8.80. The first kappa shape index (κ1) is 16.0. The normalized spacial score (nSPS) is 17.5. The van der Waals surface area contributed by atoms with Crippen molar-refractivity contribution in [2.24, 2.45) is 10.4 Å². The Labute approximate surface area is 137 Å². The van der Waals surface area contributed by atoms with Crippen LogP contribution in [-0.4, -0.2) is 42.4 Å². The fourth-order valence-corrected chi connectivity index (χ4v) is 2.79. The third-order valence-electron chi connectivity index (χ3n) is 4.25. The highest BCUT2D eigenvalue weighted by Crippen LogP contribution is 2.31. The van der Waals surface area contributed by atoms with Crippen LogP contribution in [0.1, 0.15) is 32.9 Å². The summed E-state index contributed by atoms with van der Waals surface area (Å²) < 4.78 is 13.0.